The summed E-state index contributed by atoms with van der Waals surface area (Å²) >= 11 is 1.58. The Morgan fingerprint density at radius 2 is 2.32 bits per heavy atom. The molecular weight excluding hydrogens is 260 g/mol. The topological polar surface area (TPSA) is 63.8 Å². The minimum Gasteiger partial charge on any atom is -0.395 e. The minimum atomic E-state index is 0.0989. The lowest BCUT2D eigenvalue weighted by molar-refractivity contribution is 0.305. The third kappa shape index (κ3) is 4.09. The summed E-state index contributed by atoms with van der Waals surface area (Å²) in [5.74, 6) is 6.74. The Bertz CT molecular complexity index is 600. The molecule has 0 radical (unpaired) electrons. The normalized spacial score (nSPS) is 10.0. The number of rotatable bonds is 4. The molecule has 1 aromatic heterocycles. The van der Waals surface area contributed by atoms with E-state index in [1.165, 1.54) is 5.56 Å². The Morgan fingerprint density at radius 3 is 3.05 bits per heavy atom. The average Bonchev–Trinajstić information content (AvgIpc) is 2.83. The molecule has 6 heteroatoms. The standard InChI is InChI=1S/C13H14N4OS/c1-17-13(14-15-16-17)19-10-12-7-4-6-11(9-12)5-2-3-8-18/h4,6-7,9,18H,3,8,10H2,1H3. The summed E-state index contributed by atoms with van der Waals surface area (Å²) in [5.41, 5.74) is 2.13. The highest BCUT2D eigenvalue weighted by atomic mass is 32.2. The molecule has 2 rings (SSSR count). The van der Waals surface area contributed by atoms with Crippen LogP contribution in [0.1, 0.15) is 17.5 Å². The highest BCUT2D eigenvalue weighted by Gasteiger charge is 2.03. The van der Waals surface area contributed by atoms with Crippen LogP contribution in [0, 0.1) is 11.8 Å². The lowest BCUT2D eigenvalue weighted by Gasteiger charge is -2.01. The number of benzene rings is 1. The van der Waals surface area contributed by atoms with E-state index in [2.05, 4.69) is 27.4 Å². The van der Waals surface area contributed by atoms with E-state index in [1.807, 2.05) is 31.3 Å². The summed E-state index contributed by atoms with van der Waals surface area (Å²) < 4.78 is 1.65. The van der Waals surface area contributed by atoms with Crippen molar-refractivity contribution >= 4 is 11.8 Å². The number of aliphatic hydroxyl groups is 1. The lowest BCUT2D eigenvalue weighted by Crippen LogP contribution is -1.93. The Morgan fingerprint density at radius 1 is 1.42 bits per heavy atom. The smallest absolute Gasteiger partial charge is 0.209 e. The van der Waals surface area contributed by atoms with Gasteiger partial charge in [-0.1, -0.05) is 35.7 Å². The van der Waals surface area contributed by atoms with Crippen molar-refractivity contribution in [2.75, 3.05) is 6.61 Å². The molecule has 19 heavy (non-hydrogen) atoms. The number of aliphatic hydroxyl groups excluding tert-OH is 1. The van der Waals surface area contributed by atoms with Crippen molar-refractivity contribution in [3.05, 3.63) is 35.4 Å². The van der Waals surface area contributed by atoms with Crippen LogP contribution in [0.5, 0.6) is 0 Å². The summed E-state index contributed by atoms with van der Waals surface area (Å²) in [6, 6.07) is 8.03. The maximum atomic E-state index is 8.69. The van der Waals surface area contributed by atoms with Crippen LogP contribution in [0.15, 0.2) is 29.4 Å². The number of aryl methyl sites for hydroxylation is 1. The summed E-state index contributed by atoms with van der Waals surface area (Å²) in [6.45, 7) is 0.0989. The van der Waals surface area contributed by atoms with E-state index in [-0.39, 0.29) is 6.61 Å². The van der Waals surface area contributed by atoms with Crippen LogP contribution in [0.4, 0.5) is 0 Å². The molecule has 98 valence electrons. The number of hydrogen-bond donors (Lipinski definition) is 1. The van der Waals surface area contributed by atoms with Crippen molar-refractivity contribution in [1.29, 1.82) is 0 Å². The molecule has 0 saturated carbocycles. The molecule has 0 saturated heterocycles. The van der Waals surface area contributed by atoms with E-state index in [0.717, 1.165) is 16.5 Å². The molecule has 5 nitrogen and oxygen atoms in total. The predicted molar refractivity (Wildman–Crippen MR) is 73.4 cm³/mol. The van der Waals surface area contributed by atoms with Crippen molar-refractivity contribution in [3.63, 3.8) is 0 Å². The van der Waals surface area contributed by atoms with E-state index in [0.29, 0.717) is 6.42 Å². The van der Waals surface area contributed by atoms with Gasteiger partial charge in [-0.3, -0.25) is 0 Å². The van der Waals surface area contributed by atoms with Crippen molar-refractivity contribution in [3.8, 4) is 11.8 Å². The quantitative estimate of drug-likeness (QED) is 0.671. The zero-order valence-electron chi connectivity index (χ0n) is 10.6. The second kappa shape index (κ2) is 6.92. The fraction of sp³-hybridized carbons (Fsp3) is 0.308. The number of nitrogens with zero attached hydrogens (tertiary/aromatic N) is 4. The van der Waals surface area contributed by atoms with Gasteiger partial charge in [0.05, 0.1) is 6.61 Å². The van der Waals surface area contributed by atoms with Crippen LogP contribution < -0.4 is 0 Å². The minimum absolute atomic E-state index is 0.0989. The molecule has 1 heterocycles. The monoisotopic (exact) mass is 274 g/mol. The van der Waals surface area contributed by atoms with Gasteiger partial charge in [0.1, 0.15) is 0 Å². The average molecular weight is 274 g/mol. The molecule has 0 aliphatic carbocycles. The third-order valence-corrected chi connectivity index (χ3v) is 3.43. The molecule has 1 aromatic carbocycles. The van der Waals surface area contributed by atoms with Gasteiger partial charge in [0.25, 0.3) is 0 Å². The summed E-state index contributed by atoms with van der Waals surface area (Å²) in [5, 5.41) is 20.8. The first-order chi connectivity index (χ1) is 9.29. The maximum Gasteiger partial charge on any atom is 0.209 e. The lowest BCUT2D eigenvalue weighted by atomic mass is 10.1. The fourth-order valence-corrected chi connectivity index (χ4v) is 2.24. The van der Waals surface area contributed by atoms with Crippen LogP contribution in [0.2, 0.25) is 0 Å². The van der Waals surface area contributed by atoms with E-state index < -0.39 is 0 Å². The molecule has 0 bridgehead atoms. The SMILES string of the molecule is Cn1nnnc1SCc1cccc(C#CCCO)c1. The van der Waals surface area contributed by atoms with Crippen LogP contribution in [-0.4, -0.2) is 31.9 Å². The van der Waals surface area contributed by atoms with Crippen LogP contribution in [0.3, 0.4) is 0 Å². The zero-order valence-corrected chi connectivity index (χ0v) is 11.4. The number of tetrazole rings is 1. The fourth-order valence-electron chi connectivity index (χ4n) is 1.45. The number of thioether (sulfide) groups is 1. The van der Waals surface area contributed by atoms with Crippen molar-refractivity contribution in [1.82, 2.24) is 20.2 Å². The van der Waals surface area contributed by atoms with E-state index in [9.17, 15) is 0 Å². The first-order valence-corrected chi connectivity index (χ1v) is 6.82. The van der Waals surface area contributed by atoms with Gasteiger partial charge in [-0.05, 0) is 28.1 Å². The Hall–Kier alpha value is -1.84. The highest BCUT2D eigenvalue weighted by Crippen LogP contribution is 2.19. The molecule has 0 aliphatic rings. The molecule has 0 spiro atoms. The molecule has 0 unspecified atom stereocenters. The molecular formula is C13H14N4OS. The first kappa shape index (κ1) is 13.6. The Kier molecular flexibility index (Phi) is 4.95. The van der Waals surface area contributed by atoms with Gasteiger partial charge in [-0.2, -0.15) is 0 Å². The predicted octanol–water partition coefficient (Wildman–Crippen LogP) is 1.24. The second-order valence-corrected chi connectivity index (χ2v) is 4.79. The Labute approximate surface area is 116 Å². The summed E-state index contributed by atoms with van der Waals surface area (Å²) in [6.07, 6.45) is 0.504. The first-order valence-electron chi connectivity index (χ1n) is 5.83. The van der Waals surface area contributed by atoms with E-state index >= 15 is 0 Å². The third-order valence-electron chi connectivity index (χ3n) is 2.35. The van der Waals surface area contributed by atoms with Crippen LogP contribution in [0.25, 0.3) is 0 Å². The number of aromatic nitrogens is 4. The van der Waals surface area contributed by atoms with Crippen LogP contribution in [-0.2, 0) is 12.8 Å². The van der Waals surface area contributed by atoms with Gasteiger partial charge in [0.2, 0.25) is 5.16 Å². The molecule has 1 N–H and O–H groups in total. The van der Waals surface area contributed by atoms with E-state index in [1.54, 1.807) is 16.4 Å². The van der Waals surface area contributed by atoms with Gasteiger partial charge in [0, 0.05) is 24.8 Å². The van der Waals surface area contributed by atoms with Crippen molar-refractivity contribution < 1.29 is 5.11 Å². The molecule has 0 fully saturated rings. The van der Waals surface area contributed by atoms with Crippen molar-refractivity contribution in [2.24, 2.45) is 7.05 Å². The highest BCUT2D eigenvalue weighted by molar-refractivity contribution is 7.98. The largest absolute Gasteiger partial charge is 0.395 e. The van der Waals surface area contributed by atoms with Gasteiger partial charge in [0.15, 0.2) is 0 Å². The van der Waals surface area contributed by atoms with Gasteiger partial charge in [-0.15, -0.1) is 5.10 Å². The van der Waals surface area contributed by atoms with Gasteiger partial charge < -0.3 is 5.11 Å². The summed E-state index contributed by atoms with van der Waals surface area (Å²) in [4.78, 5) is 0. The van der Waals surface area contributed by atoms with Gasteiger partial charge >= 0.3 is 0 Å². The second-order valence-electron chi connectivity index (χ2n) is 3.85. The molecule has 0 atom stereocenters. The summed E-state index contributed by atoms with van der Waals surface area (Å²) in [7, 11) is 1.82. The molecule has 2 aromatic rings. The van der Waals surface area contributed by atoms with Gasteiger partial charge in [-0.25, -0.2) is 4.68 Å². The zero-order chi connectivity index (χ0) is 13.5. The maximum absolute atomic E-state index is 8.69. The van der Waals surface area contributed by atoms with Crippen LogP contribution >= 0.6 is 11.8 Å². The van der Waals surface area contributed by atoms with E-state index in [4.69, 9.17) is 5.11 Å². The van der Waals surface area contributed by atoms with Crippen molar-refractivity contribution in [2.45, 2.75) is 17.3 Å². The number of hydrogen-bond acceptors (Lipinski definition) is 5. The molecule has 0 aliphatic heterocycles. The Balaban J connectivity index is 2.00. The molecule has 0 amide bonds.